The maximum atomic E-state index is 11.2. The van der Waals surface area contributed by atoms with Crippen LogP contribution in [0.5, 0.6) is 5.75 Å². The number of carboxylic acids is 1. The molecule has 0 spiro atoms. The maximum Gasteiger partial charge on any atom is 0.337 e. The van der Waals surface area contributed by atoms with Gasteiger partial charge in [0.2, 0.25) is 0 Å². The molecular weight excluding hydrogens is 292 g/mol. The molecule has 0 unspecified atom stereocenters. The molecule has 1 aromatic heterocycles. The van der Waals surface area contributed by atoms with Crippen LogP contribution in [0, 0.1) is 0 Å². The first-order valence-electron chi connectivity index (χ1n) is 6.15. The first-order chi connectivity index (χ1) is 10.1. The Hall–Kier alpha value is -2.53. The van der Waals surface area contributed by atoms with Gasteiger partial charge in [-0.3, -0.25) is 4.57 Å². The summed E-state index contributed by atoms with van der Waals surface area (Å²) in [6.07, 6.45) is 1.55. The standard InChI is InChI=1S/C15H11ClN2O3/c1-21-9-5-6-11(16)13(7-9)18-8-17-14-10(15(19)20)3-2-4-12(14)18/h2-8H,1H3,(H,19,20). The third kappa shape index (κ3) is 2.21. The minimum Gasteiger partial charge on any atom is -0.497 e. The molecule has 2 aromatic carbocycles. The van der Waals surface area contributed by atoms with Gasteiger partial charge in [-0.15, -0.1) is 0 Å². The number of fused-ring (bicyclic) bond motifs is 1. The lowest BCUT2D eigenvalue weighted by Crippen LogP contribution is -1.98. The molecule has 0 saturated heterocycles. The molecule has 106 valence electrons. The number of rotatable bonds is 3. The molecule has 0 saturated carbocycles. The van der Waals surface area contributed by atoms with Gasteiger partial charge in [0.15, 0.2) is 0 Å². The van der Waals surface area contributed by atoms with Gasteiger partial charge in [0.1, 0.15) is 17.6 Å². The molecule has 3 rings (SSSR count). The molecular formula is C15H11ClN2O3. The van der Waals surface area contributed by atoms with Gasteiger partial charge in [-0.2, -0.15) is 0 Å². The summed E-state index contributed by atoms with van der Waals surface area (Å²) in [6, 6.07) is 10.3. The van der Waals surface area contributed by atoms with Crippen molar-refractivity contribution in [2.45, 2.75) is 0 Å². The first kappa shape index (κ1) is 13.5. The third-order valence-corrected chi connectivity index (χ3v) is 3.54. The van der Waals surface area contributed by atoms with Crippen molar-refractivity contribution in [3.05, 3.63) is 53.3 Å². The number of imidazole rings is 1. The van der Waals surface area contributed by atoms with E-state index in [1.54, 1.807) is 48.3 Å². The second kappa shape index (κ2) is 5.10. The summed E-state index contributed by atoms with van der Waals surface area (Å²) in [4.78, 5) is 15.4. The zero-order chi connectivity index (χ0) is 15.0. The fourth-order valence-corrected chi connectivity index (χ4v) is 2.42. The number of methoxy groups -OCH3 is 1. The third-order valence-electron chi connectivity index (χ3n) is 3.22. The summed E-state index contributed by atoms with van der Waals surface area (Å²) in [5.41, 5.74) is 1.93. The summed E-state index contributed by atoms with van der Waals surface area (Å²) in [6.45, 7) is 0. The molecule has 0 aliphatic rings. The monoisotopic (exact) mass is 302 g/mol. The van der Waals surface area contributed by atoms with Crippen LogP contribution in [0.3, 0.4) is 0 Å². The zero-order valence-electron chi connectivity index (χ0n) is 11.1. The van der Waals surface area contributed by atoms with Crippen LogP contribution < -0.4 is 4.74 Å². The second-order valence-corrected chi connectivity index (χ2v) is 4.82. The summed E-state index contributed by atoms with van der Waals surface area (Å²) in [7, 11) is 1.57. The van der Waals surface area contributed by atoms with Gasteiger partial charge in [0.25, 0.3) is 0 Å². The van der Waals surface area contributed by atoms with Crippen LogP contribution >= 0.6 is 11.6 Å². The van der Waals surface area contributed by atoms with E-state index in [2.05, 4.69) is 4.98 Å². The van der Waals surface area contributed by atoms with Crippen molar-refractivity contribution < 1.29 is 14.6 Å². The van der Waals surface area contributed by atoms with E-state index in [4.69, 9.17) is 16.3 Å². The highest BCUT2D eigenvalue weighted by atomic mass is 35.5. The van der Waals surface area contributed by atoms with Gasteiger partial charge in [0, 0.05) is 6.07 Å². The Morgan fingerprint density at radius 3 is 2.86 bits per heavy atom. The molecule has 21 heavy (non-hydrogen) atoms. The molecule has 3 aromatic rings. The Morgan fingerprint density at radius 1 is 1.33 bits per heavy atom. The molecule has 6 heteroatoms. The Labute approximate surface area is 125 Å². The molecule has 0 amide bonds. The van der Waals surface area contributed by atoms with E-state index in [-0.39, 0.29) is 5.56 Å². The SMILES string of the molecule is COc1ccc(Cl)c(-n2cnc3c(C(=O)O)cccc32)c1. The van der Waals surface area contributed by atoms with E-state index in [9.17, 15) is 9.90 Å². The molecule has 0 bridgehead atoms. The number of carboxylic acid groups (broad SMARTS) is 1. The zero-order valence-corrected chi connectivity index (χ0v) is 11.8. The van der Waals surface area contributed by atoms with E-state index >= 15 is 0 Å². The Morgan fingerprint density at radius 2 is 2.14 bits per heavy atom. The molecule has 1 N–H and O–H groups in total. The minimum absolute atomic E-state index is 0.158. The summed E-state index contributed by atoms with van der Waals surface area (Å²) >= 11 is 6.23. The fourth-order valence-electron chi connectivity index (χ4n) is 2.21. The average molecular weight is 303 g/mol. The van der Waals surface area contributed by atoms with Crippen LogP contribution in [0.2, 0.25) is 5.02 Å². The molecule has 0 atom stereocenters. The van der Waals surface area contributed by atoms with Crippen LogP contribution in [-0.2, 0) is 0 Å². The largest absolute Gasteiger partial charge is 0.497 e. The summed E-state index contributed by atoms with van der Waals surface area (Å²) in [5.74, 6) is -0.353. The lowest BCUT2D eigenvalue weighted by Gasteiger charge is -2.09. The van der Waals surface area contributed by atoms with E-state index < -0.39 is 5.97 Å². The molecule has 0 radical (unpaired) electrons. The predicted molar refractivity (Wildman–Crippen MR) is 79.6 cm³/mol. The highest BCUT2D eigenvalue weighted by molar-refractivity contribution is 6.32. The van der Waals surface area contributed by atoms with Crippen LogP contribution in [0.15, 0.2) is 42.7 Å². The number of hydrogen-bond acceptors (Lipinski definition) is 3. The van der Waals surface area contributed by atoms with Crippen LogP contribution in [0.25, 0.3) is 16.7 Å². The topological polar surface area (TPSA) is 64.4 Å². The number of halogens is 1. The molecule has 0 aliphatic carbocycles. The highest BCUT2D eigenvalue weighted by Crippen LogP contribution is 2.29. The molecule has 1 heterocycles. The van der Waals surface area contributed by atoms with Gasteiger partial charge in [-0.05, 0) is 24.3 Å². The van der Waals surface area contributed by atoms with Crippen molar-refractivity contribution in [2.75, 3.05) is 7.11 Å². The predicted octanol–water partition coefficient (Wildman–Crippen LogP) is 3.39. The first-order valence-corrected chi connectivity index (χ1v) is 6.53. The smallest absolute Gasteiger partial charge is 0.337 e. The van der Waals surface area contributed by atoms with Crippen molar-refractivity contribution in [3.63, 3.8) is 0 Å². The number of aromatic nitrogens is 2. The second-order valence-electron chi connectivity index (χ2n) is 4.41. The lowest BCUT2D eigenvalue weighted by atomic mass is 10.2. The molecule has 0 fully saturated rings. The number of hydrogen-bond donors (Lipinski definition) is 1. The number of ether oxygens (including phenoxy) is 1. The molecule has 0 aliphatic heterocycles. The van der Waals surface area contributed by atoms with Crippen molar-refractivity contribution in [2.24, 2.45) is 0 Å². The number of carbonyl (C=O) groups is 1. The Balaban J connectivity index is 2.27. The van der Waals surface area contributed by atoms with Crippen molar-refractivity contribution in [1.29, 1.82) is 0 Å². The summed E-state index contributed by atoms with van der Waals surface area (Å²) < 4.78 is 6.94. The maximum absolute atomic E-state index is 11.2. The summed E-state index contributed by atoms with van der Waals surface area (Å²) in [5, 5.41) is 9.73. The molecule has 5 nitrogen and oxygen atoms in total. The van der Waals surface area contributed by atoms with Gasteiger partial charge in [-0.1, -0.05) is 17.7 Å². The Kier molecular flexibility index (Phi) is 3.27. The van der Waals surface area contributed by atoms with E-state index in [1.807, 2.05) is 0 Å². The Bertz CT molecular complexity index is 842. The van der Waals surface area contributed by atoms with Gasteiger partial charge < -0.3 is 9.84 Å². The van der Waals surface area contributed by atoms with E-state index in [1.165, 1.54) is 6.07 Å². The van der Waals surface area contributed by atoms with Crippen molar-refractivity contribution in [1.82, 2.24) is 9.55 Å². The van der Waals surface area contributed by atoms with Crippen LogP contribution in [0.4, 0.5) is 0 Å². The lowest BCUT2D eigenvalue weighted by molar-refractivity contribution is 0.0699. The average Bonchev–Trinajstić information content (AvgIpc) is 2.91. The normalized spacial score (nSPS) is 10.8. The van der Waals surface area contributed by atoms with E-state index in [0.717, 1.165) is 0 Å². The fraction of sp³-hybridized carbons (Fsp3) is 0.0667. The number of nitrogens with zero attached hydrogens (tertiary/aromatic N) is 2. The highest BCUT2D eigenvalue weighted by Gasteiger charge is 2.14. The van der Waals surface area contributed by atoms with Crippen molar-refractivity contribution >= 4 is 28.6 Å². The minimum atomic E-state index is -1.01. The van der Waals surface area contributed by atoms with E-state index in [0.29, 0.717) is 27.5 Å². The number of aromatic carboxylic acids is 1. The van der Waals surface area contributed by atoms with Gasteiger partial charge in [-0.25, -0.2) is 9.78 Å². The van der Waals surface area contributed by atoms with Crippen molar-refractivity contribution in [3.8, 4) is 11.4 Å². The quantitative estimate of drug-likeness (QED) is 0.805. The van der Waals surface area contributed by atoms with Gasteiger partial charge >= 0.3 is 5.97 Å². The van der Waals surface area contributed by atoms with Crippen LogP contribution in [0.1, 0.15) is 10.4 Å². The number of benzene rings is 2. The number of para-hydroxylation sites is 1. The van der Waals surface area contributed by atoms with Gasteiger partial charge in [0.05, 0.1) is 28.9 Å². The van der Waals surface area contributed by atoms with Crippen LogP contribution in [-0.4, -0.2) is 27.7 Å².